The molecule has 9 heteroatoms. The quantitative estimate of drug-likeness (QED) is 0.683. The average Bonchev–Trinajstić information content (AvgIpc) is 3.17. The number of nitrogens with zero attached hydrogens (tertiary/aromatic N) is 2. The fraction of sp³-hybridized carbons (Fsp3) is 0.111. The van der Waals surface area contributed by atoms with Gasteiger partial charge in [0.2, 0.25) is 15.9 Å². The van der Waals surface area contributed by atoms with E-state index >= 15 is 0 Å². The Balaban J connectivity index is 1.64. The van der Waals surface area contributed by atoms with Crippen molar-refractivity contribution in [3.8, 4) is 10.6 Å². The van der Waals surface area contributed by atoms with E-state index in [-0.39, 0.29) is 11.4 Å². The zero-order valence-corrected chi connectivity index (χ0v) is 15.9. The van der Waals surface area contributed by atoms with Crippen LogP contribution in [0.25, 0.3) is 10.6 Å². The van der Waals surface area contributed by atoms with Gasteiger partial charge in [0.1, 0.15) is 10.8 Å². The molecule has 1 N–H and O–H groups in total. The average molecular weight is 405 g/mol. The molecule has 0 unspecified atom stereocenters. The van der Waals surface area contributed by atoms with Gasteiger partial charge >= 0.3 is 0 Å². The van der Waals surface area contributed by atoms with Gasteiger partial charge < -0.3 is 5.32 Å². The summed E-state index contributed by atoms with van der Waals surface area (Å²) in [7, 11) is -2.59. The highest BCUT2D eigenvalue weighted by atomic mass is 32.2. The number of hydrogen-bond acceptors (Lipinski definition) is 5. The predicted molar refractivity (Wildman–Crippen MR) is 102 cm³/mol. The maximum Gasteiger partial charge on any atom is 0.243 e. The Bertz CT molecular complexity index is 1020. The Kier molecular flexibility index (Phi) is 5.64. The molecular weight excluding hydrogens is 389 g/mol. The first-order valence-corrected chi connectivity index (χ1v) is 10.2. The number of benzene rings is 2. The van der Waals surface area contributed by atoms with Crippen LogP contribution in [0, 0.1) is 5.82 Å². The maximum absolute atomic E-state index is 13.0. The number of likely N-dealkylation sites (N-methyl/N-ethyl adjacent to an activating group) is 1. The molecule has 0 aliphatic carbocycles. The lowest BCUT2D eigenvalue weighted by Gasteiger charge is -2.17. The Morgan fingerprint density at radius 3 is 2.41 bits per heavy atom. The van der Waals surface area contributed by atoms with Gasteiger partial charge in [-0.25, -0.2) is 17.8 Å². The summed E-state index contributed by atoms with van der Waals surface area (Å²) in [6.07, 6.45) is 1.72. The molecule has 1 aromatic heterocycles. The van der Waals surface area contributed by atoms with Gasteiger partial charge in [-0.05, 0) is 48.5 Å². The summed E-state index contributed by atoms with van der Waals surface area (Å²) in [5.41, 5.74) is 1.48. The van der Waals surface area contributed by atoms with E-state index in [0.29, 0.717) is 5.69 Å². The van der Waals surface area contributed by atoms with E-state index < -0.39 is 21.7 Å². The molecule has 0 radical (unpaired) electrons. The lowest BCUT2D eigenvalue weighted by Crippen LogP contribution is -2.34. The number of aromatic nitrogens is 1. The van der Waals surface area contributed by atoms with Crippen LogP contribution in [0.4, 0.5) is 10.1 Å². The minimum atomic E-state index is -3.88. The van der Waals surface area contributed by atoms with Crippen molar-refractivity contribution in [2.24, 2.45) is 0 Å². The molecule has 6 nitrogen and oxygen atoms in total. The molecule has 3 rings (SSSR count). The highest BCUT2D eigenvalue weighted by Gasteiger charge is 2.23. The summed E-state index contributed by atoms with van der Waals surface area (Å²) in [5.74, 6) is -1.01. The third kappa shape index (κ3) is 4.57. The predicted octanol–water partition coefficient (Wildman–Crippen LogP) is 3.21. The maximum atomic E-state index is 13.0. The summed E-state index contributed by atoms with van der Waals surface area (Å²) >= 11 is 1.51. The molecule has 1 amide bonds. The second kappa shape index (κ2) is 7.95. The van der Waals surface area contributed by atoms with Crippen molar-refractivity contribution in [2.45, 2.75) is 4.90 Å². The van der Waals surface area contributed by atoms with Gasteiger partial charge in [0.15, 0.2) is 0 Å². The Labute approximate surface area is 160 Å². The number of hydrogen-bond donors (Lipinski definition) is 1. The monoisotopic (exact) mass is 405 g/mol. The first kappa shape index (κ1) is 19.2. The van der Waals surface area contributed by atoms with Gasteiger partial charge in [-0.1, -0.05) is 0 Å². The highest BCUT2D eigenvalue weighted by Crippen LogP contribution is 2.23. The van der Waals surface area contributed by atoms with Crippen LogP contribution in [0.1, 0.15) is 0 Å². The number of sulfonamides is 1. The first-order valence-electron chi connectivity index (χ1n) is 7.88. The van der Waals surface area contributed by atoms with E-state index in [1.54, 1.807) is 18.3 Å². The van der Waals surface area contributed by atoms with Crippen LogP contribution in [0.3, 0.4) is 0 Å². The highest BCUT2D eigenvalue weighted by molar-refractivity contribution is 7.89. The summed E-state index contributed by atoms with van der Waals surface area (Å²) in [4.78, 5) is 16.3. The standard InChI is InChI=1S/C18H16FN3O3S2/c1-22(27(24,25)16-8-4-14(19)5-9-16)12-17(23)21-15-6-2-13(3-7-15)18-20-10-11-26-18/h2-11H,12H2,1H3,(H,21,23). The smallest absolute Gasteiger partial charge is 0.243 e. The van der Waals surface area contributed by atoms with E-state index in [9.17, 15) is 17.6 Å². The summed E-state index contributed by atoms with van der Waals surface area (Å²) in [6, 6.07) is 11.6. The van der Waals surface area contributed by atoms with E-state index in [1.807, 2.05) is 17.5 Å². The Morgan fingerprint density at radius 1 is 1.15 bits per heavy atom. The molecule has 1 heterocycles. The van der Waals surface area contributed by atoms with Gasteiger partial charge in [0, 0.05) is 29.9 Å². The molecule has 0 bridgehead atoms. The molecule has 0 aliphatic rings. The number of halogens is 1. The fourth-order valence-corrected chi connectivity index (χ4v) is 4.11. The molecule has 0 atom stereocenters. The second-order valence-corrected chi connectivity index (χ2v) is 8.62. The zero-order valence-electron chi connectivity index (χ0n) is 14.3. The van der Waals surface area contributed by atoms with E-state index in [4.69, 9.17) is 0 Å². The lowest BCUT2D eigenvalue weighted by molar-refractivity contribution is -0.116. The molecule has 0 saturated heterocycles. The third-order valence-electron chi connectivity index (χ3n) is 3.74. The van der Waals surface area contributed by atoms with E-state index in [0.717, 1.165) is 39.1 Å². The summed E-state index contributed by atoms with van der Waals surface area (Å²) < 4.78 is 38.7. The lowest BCUT2D eigenvalue weighted by atomic mass is 10.2. The van der Waals surface area contributed by atoms with Crippen molar-refractivity contribution < 1.29 is 17.6 Å². The number of carbonyl (C=O) groups excluding carboxylic acids is 1. The molecule has 0 spiro atoms. The van der Waals surface area contributed by atoms with Gasteiger partial charge in [-0.3, -0.25) is 4.79 Å². The van der Waals surface area contributed by atoms with Crippen LogP contribution in [0.5, 0.6) is 0 Å². The van der Waals surface area contributed by atoms with E-state index in [1.165, 1.54) is 18.4 Å². The largest absolute Gasteiger partial charge is 0.325 e. The van der Waals surface area contributed by atoms with Crippen LogP contribution in [0.2, 0.25) is 0 Å². The Morgan fingerprint density at radius 2 is 1.81 bits per heavy atom. The normalized spacial score (nSPS) is 11.5. The number of nitrogens with one attached hydrogen (secondary N) is 1. The van der Waals surface area contributed by atoms with Crippen LogP contribution >= 0.6 is 11.3 Å². The van der Waals surface area contributed by atoms with Crippen LogP contribution in [-0.2, 0) is 14.8 Å². The van der Waals surface area contributed by atoms with Crippen molar-refractivity contribution in [3.63, 3.8) is 0 Å². The van der Waals surface area contributed by atoms with Crippen molar-refractivity contribution in [1.82, 2.24) is 9.29 Å². The van der Waals surface area contributed by atoms with Gasteiger partial charge in [-0.15, -0.1) is 11.3 Å². The number of thiazole rings is 1. The van der Waals surface area contributed by atoms with Crippen molar-refractivity contribution in [3.05, 3.63) is 65.9 Å². The molecule has 3 aromatic rings. The third-order valence-corrected chi connectivity index (χ3v) is 6.38. The molecular formula is C18H16FN3O3S2. The van der Waals surface area contributed by atoms with Crippen LogP contribution < -0.4 is 5.32 Å². The minimum absolute atomic E-state index is 0.0769. The van der Waals surface area contributed by atoms with Crippen LogP contribution in [-0.4, -0.2) is 37.2 Å². The number of amides is 1. The summed E-state index contributed by atoms with van der Waals surface area (Å²) in [6.45, 7) is -0.367. The van der Waals surface area contributed by atoms with Gasteiger partial charge in [0.05, 0.1) is 11.4 Å². The summed E-state index contributed by atoms with van der Waals surface area (Å²) in [5, 5.41) is 5.41. The van der Waals surface area contributed by atoms with Crippen molar-refractivity contribution >= 4 is 33.0 Å². The first-order chi connectivity index (χ1) is 12.9. The minimum Gasteiger partial charge on any atom is -0.325 e. The van der Waals surface area contributed by atoms with E-state index in [2.05, 4.69) is 10.3 Å². The molecule has 0 fully saturated rings. The van der Waals surface area contributed by atoms with Gasteiger partial charge in [0.25, 0.3) is 0 Å². The molecule has 140 valence electrons. The van der Waals surface area contributed by atoms with Crippen molar-refractivity contribution in [1.29, 1.82) is 0 Å². The molecule has 2 aromatic carbocycles. The fourth-order valence-electron chi connectivity index (χ4n) is 2.34. The number of carbonyl (C=O) groups is 1. The molecule has 0 aliphatic heterocycles. The molecule has 0 saturated carbocycles. The van der Waals surface area contributed by atoms with Crippen LogP contribution in [0.15, 0.2) is 65.0 Å². The number of anilines is 1. The SMILES string of the molecule is CN(CC(=O)Nc1ccc(-c2nccs2)cc1)S(=O)(=O)c1ccc(F)cc1. The number of rotatable bonds is 6. The second-order valence-electron chi connectivity index (χ2n) is 5.68. The molecule has 27 heavy (non-hydrogen) atoms. The van der Waals surface area contributed by atoms with Crippen molar-refractivity contribution in [2.75, 3.05) is 18.9 Å². The van der Waals surface area contributed by atoms with Gasteiger partial charge in [-0.2, -0.15) is 4.31 Å². The Hall–Kier alpha value is -2.62. The zero-order chi connectivity index (χ0) is 19.4. The topological polar surface area (TPSA) is 79.4 Å².